The zero-order chi connectivity index (χ0) is 26.6. The number of piperidine rings is 1. The molecule has 0 atom stereocenters. The molecule has 0 spiro atoms. The third-order valence-electron chi connectivity index (χ3n) is 6.88. The Morgan fingerprint density at radius 2 is 1.86 bits per heavy atom. The molecule has 2 aromatic carbocycles. The number of fused-ring (bicyclic) bond motifs is 1. The molecule has 0 bridgehead atoms. The molecule has 0 aliphatic carbocycles. The molecule has 1 aliphatic heterocycles. The van der Waals surface area contributed by atoms with E-state index in [-0.39, 0.29) is 4.90 Å². The van der Waals surface area contributed by atoms with Gasteiger partial charge in [-0.3, -0.25) is 0 Å². The van der Waals surface area contributed by atoms with Gasteiger partial charge >= 0.3 is 0 Å². The first kappa shape index (κ1) is 26.9. The smallest absolute Gasteiger partial charge is 0.242 e. The van der Waals surface area contributed by atoms with Crippen molar-refractivity contribution in [2.24, 2.45) is 0 Å². The van der Waals surface area contributed by atoms with Crippen LogP contribution in [0.4, 0.5) is 11.4 Å². The molecule has 0 saturated carbocycles. The molecule has 9 heteroatoms. The summed E-state index contributed by atoms with van der Waals surface area (Å²) >= 11 is 0. The number of sulfonamides is 1. The Hall–Kier alpha value is -3.19. The van der Waals surface area contributed by atoms with Gasteiger partial charge in [0.2, 0.25) is 10.0 Å². The number of aryl methyl sites for hydroxylation is 1. The van der Waals surface area contributed by atoms with E-state index in [1.54, 1.807) is 12.1 Å². The van der Waals surface area contributed by atoms with Crippen molar-refractivity contribution in [3.8, 4) is 17.6 Å². The van der Waals surface area contributed by atoms with E-state index < -0.39 is 10.0 Å². The molecule has 0 radical (unpaired) electrons. The van der Waals surface area contributed by atoms with Gasteiger partial charge in [0.25, 0.3) is 0 Å². The molecule has 0 unspecified atom stereocenters. The fourth-order valence-corrected chi connectivity index (χ4v) is 5.61. The van der Waals surface area contributed by atoms with Crippen molar-refractivity contribution >= 4 is 32.3 Å². The van der Waals surface area contributed by atoms with Crippen LogP contribution in [0.1, 0.15) is 25.5 Å². The normalized spacial score (nSPS) is 15.0. The van der Waals surface area contributed by atoms with Crippen molar-refractivity contribution in [3.05, 3.63) is 48.2 Å². The van der Waals surface area contributed by atoms with Crippen LogP contribution >= 0.6 is 0 Å². The maximum atomic E-state index is 12.4. The van der Waals surface area contributed by atoms with Crippen LogP contribution in [0.2, 0.25) is 0 Å². The highest BCUT2D eigenvalue weighted by Gasteiger charge is 2.20. The lowest BCUT2D eigenvalue weighted by molar-refractivity contribution is 0.264. The van der Waals surface area contributed by atoms with Gasteiger partial charge in [0.1, 0.15) is 5.75 Å². The second kappa shape index (κ2) is 11.5. The van der Waals surface area contributed by atoms with E-state index in [1.807, 2.05) is 0 Å². The lowest BCUT2D eigenvalue weighted by Crippen LogP contribution is -2.36. The third-order valence-corrected chi connectivity index (χ3v) is 8.69. The fraction of sp³-hybridized carbons (Fsp3) is 0.429. The van der Waals surface area contributed by atoms with E-state index in [0.717, 1.165) is 43.9 Å². The number of aromatic nitrogens is 1. The Morgan fingerprint density at radius 1 is 1.11 bits per heavy atom. The van der Waals surface area contributed by atoms with E-state index in [4.69, 9.17) is 4.74 Å². The summed E-state index contributed by atoms with van der Waals surface area (Å²) in [6.45, 7) is 5.59. The Labute approximate surface area is 220 Å². The minimum absolute atomic E-state index is 0.183. The second-order valence-electron chi connectivity index (χ2n) is 9.54. The van der Waals surface area contributed by atoms with Gasteiger partial charge in [-0.1, -0.05) is 12.0 Å². The van der Waals surface area contributed by atoms with Crippen LogP contribution < -0.4 is 15.4 Å². The first-order valence-corrected chi connectivity index (χ1v) is 14.1. The minimum atomic E-state index is -3.54. The second-order valence-corrected chi connectivity index (χ2v) is 11.7. The maximum Gasteiger partial charge on any atom is 0.242 e. The molecule has 37 heavy (non-hydrogen) atoms. The average molecular weight is 524 g/mol. The summed E-state index contributed by atoms with van der Waals surface area (Å²) in [6, 6.07) is 13.9. The van der Waals surface area contributed by atoms with Crippen molar-refractivity contribution in [2.45, 2.75) is 37.2 Å². The molecule has 2 N–H and O–H groups in total. The summed E-state index contributed by atoms with van der Waals surface area (Å²) in [7, 11) is 3.18. The van der Waals surface area contributed by atoms with Crippen LogP contribution in [0.3, 0.4) is 0 Å². The number of benzene rings is 2. The van der Waals surface area contributed by atoms with Crippen molar-refractivity contribution in [1.82, 2.24) is 13.8 Å². The summed E-state index contributed by atoms with van der Waals surface area (Å²) in [5.74, 6) is 6.99. The van der Waals surface area contributed by atoms with Gasteiger partial charge in [-0.05, 0) is 76.2 Å². The predicted molar refractivity (Wildman–Crippen MR) is 151 cm³/mol. The molecule has 1 aromatic heterocycles. The van der Waals surface area contributed by atoms with E-state index in [2.05, 4.69) is 70.2 Å². The number of rotatable bonds is 8. The summed E-state index contributed by atoms with van der Waals surface area (Å²) in [5, 5.41) is 8.22. The van der Waals surface area contributed by atoms with Crippen molar-refractivity contribution in [2.75, 3.05) is 58.5 Å². The molecule has 2 heterocycles. The van der Waals surface area contributed by atoms with Gasteiger partial charge in [0, 0.05) is 43.8 Å². The van der Waals surface area contributed by atoms with E-state index in [0.29, 0.717) is 24.0 Å². The van der Waals surface area contributed by atoms with E-state index in [1.165, 1.54) is 42.5 Å². The van der Waals surface area contributed by atoms with Crippen LogP contribution in [0.5, 0.6) is 5.75 Å². The van der Waals surface area contributed by atoms with Crippen LogP contribution in [-0.2, 0) is 16.6 Å². The molecule has 0 amide bonds. The number of nitrogens with zero attached hydrogens (tertiary/aromatic N) is 3. The van der Waals surface area contributed by atoms with Crippen molar-refractivity contribution < 1.29 is 13.2 Å². The number of ether oxygens (including phenoxy) is 1. The van der Waals surface area contributed by atoms with Crippen LogP contribution in [0.25, 0.3) is 10.9 Å². The van der Waals surface area contributed by atoms with Gasteiger partial charge in [-0.15, -0.1) is 0 Å². The minimum Gasteiger partial charge on any atom is -0.495 e. The highest BCUT2D eigenvalue weighted by atomic mass is 32.2. The monoisotopic (exact) mass is 523 g/mol. The Morgan fingerprint density at radius 3 is 2.54 bits per heavy atom. The number of methoxy groups -OCH3 is 1. The maximum absolute atomic E-state index is 12.4. The summed E-state index contributed by atoms with van der Waals surface area (Å²) in [5.41, 5.74) is 4.00. The van der Waals surface area contributed by atoms with Gasteiger partial charge < -0.3 is 24.8 Å². The largest absolute Gasteiger partial charge is 0.495 e. The van der Waals surface area contributed by atoms with Gasteiger partial charge in [-0.2, -0.15) is 0 Å². The van der Waals surface area contributed by atoms with Crippen LogP contribution in [-0.4, -0.2) is 76.1 Å². The highest BCUT2D eigenvalue weighted by Crippen LogP contribution is 2.30. The van der Waals surface area contributed by atoms with Gasteiger partial charge in [0.05, 0.1) is 35.4 Å². The standard InChI is InChI=1S/C28H37N5O3S/c1-6-33-22(19-24-25(10-7-11-27(24)33)30-21-14-17-32(4)18-15-21)9-8-16-29-26-13-12-23(20-28(26)36-5)37(34,35)31(2)3/h7,10-13,19-21,29-30H,6,14-18H2,1-5H3. The number of hydrogen-bond donors (Lipinski definition) is 2. The molecule has 1 fully saturated rings. The molecule has 1 saturated heterocycles. The number of nitrogens with one attached hydrogen (secondary N) is 2. The lowest BCUT2D eigenvalue weighted by atomic mass is 10.0. The summed E-state index contributed by atoms with van der Waals surface area (Å²) in [4.78, 5) is 2.56. The van der Waals surface area contributed by atoms with E-state index >= 15 is 0 Å². The zero-order valence-electron chi connectivity index (χ0n) is 22.3. The molecule has 4 rings (SSSR count). The molecule has 3 aromatic rings. The van der Waals surface area contributed by atoms with Crippen LogP contribution in [0, 0.1) is 11.8 Å². The fourth-order valence-electron chi connectivity index (χ4n) is 4.69. The van der Waals surface area contributed by atoms with Gasteiger partial charge in [-0.25, -0.2) is 12.7 Å². The number of anilines is 2. The molecule has 198 valence electrons. The lowest BCUT2D eigenvalue weighted by Gasteiger charge is -2.30. The Balaban J connectivity index is 1.51. The highest BCUT2D eigenvalue weighted by molar-refractivity contribution is 7.89. The zero-order valence-corrected chi connectivity index (χ0v) is 23.2. The Bertz CT molecular complexity index is 1410. The topological polar surface area (TPSA) is 78.8 Å². The quantitative estimate of drug-likeness (QED) is 0.436. The van der Waals surface area contributed by atoms with Crippen LogP contribution in [0.15, 0.2) is 47.4 Å². The van der Waals surface area contributed by atoms with E-state index in [9.17, 15) is 8.42 Å². The SMILES string of the molecule is CCn1c(C#CCNc2ccc(S(=O)(=O)N(C)C)cc2OC)cc2c(NC3CCN(C)CC3)cccc21. The average Bonchev–Trinajstić information content (AvgIpc) is 3.26. The third kappa shape index (κ3) is 5.87. The molecular formula is C28H37N5O3S. The van der Waals surface area contributed by atoms with Crippen molar-refractivity contribution in [1.29, 1.82) is 0 Å². The Kier molecular flexibility index (Phi) is 8.32. The number of hydrogen-bond acceptors (Lipinski definition) is 6. The first-order chi connectivity index (χ1) is 17.7. The van der Waals surface area contributed by atoms with Crippen molar-refractivity contribution in [3.63, 3.8) is 0 Å². The number of likely N-dealkylation sites (tertiary alicyclic amines) is 1. The molecule has 8 nitrogen and oxygen atoms in total. The molecule has 1 aliphatic rings. The first-order valence-electron chi connectivity index (χ1n) is 12.6. The molecular weight excluding hydrogens is 486 g/mol. The summed E-state index contributed by atoms with van der Waals surface area (Å²) < 4.78 is 33.7. The summed E-state index contributed by atoms with van der Waals surface area (Å²) in [6.07, 6.45) is 2.29. The van der Waals surface area contributed by atoms with Gasteiger partial charge in [0.15, 0.2) is 0 Å². The predicted octanol–water partition coefficient (Wildman–Crippen LogP) is 3.89.